The second-order valence-electron chi connectivity index (χ2n) is 4.02. The smallest absolute Gasteiger partial charge is 0.212 e. The number of benzene rings is 1. The van der Waals surface area contributed by atoms with Crippen LogP contribution in [0.3, 0.4) is 0 Å². The Morgan fingerprint density at radius 1 is 1.26 bits per heavy atom. The molecule has 0 aliphatic heterocycles. The molecule has 2 aromatic rings. The molecule has 0 bridgehead atoms. The molecule has 0 spiro atoms. The molecule has 1 unspecified atom stereocenters. The van der Waals surface area contributed by atoms with Crippen molar-refractivity contribution in [2.75, 3.05) is 19.0 Å². The number of hydrogen-bond donors (Lipinski definition) is 2. The summed E-state index contributed by atoms with van der Waals surface area (Å²) in [5.74, 6) is 0.559. The zero-order chi connectivity index (χ0) is 13.7. The maximum absolute atomic E-state index is 9.49. The van der Waals surface area contributed by atoms with Crippen molar-refractivity contribution in [3.05, 3.63) is 52.6 Å². The topological polar surface area (TPSA) is 54.4 Å². The molecular weight excluding hydrogens is 308 g/mol. The molecule has 0 radical (unpaired) electrons. The average molecular weight is 323 g/mol. The van der Waals surface area contributed by atoms with E-state index >= 15 is 0 Å². The van der Waals surface area contributed by atoms with E-state index in [0.717, 1.165) is 15.7 Å². The highest BCUT2D eigenvalue weighted by Crippen LogP contribution is 2.21. The van der Waals surface area contributed by atoms with Crippen LogP contribution in [0, 0.1) is 0 Å². The number of nitrogens with one attached hydrogen (secondary N) is 1. The number of ether oxygens (including phenoxy) is 1. The Balaban J connectivity index is 2.12. The van der Waals surface area contributed by atoms with Crippen molar-refractivity contribution < 1.29 is 9.84 Å². The minimum Gasteiger partial charge on any atom is -0.481 e. The molecule has 1 heterocycles. The van der Waals surface area contributed by atoms with Crippen LogP contribution in [0.5, 0.6) is 5.88 Å². The number of rotatable bonds is 5. The van der Waals surface area contributed by atoms with Gasteiger partial charge in [-0.3, -0.25) is 0 Å². The van der Waals surface area contributed by atoms with Gasteiger partial charge in [0, 0.05) is 22.4 Å². The van der Waals surface area contributed by atoms with Gasteiger partial charge >= 0.3 is 0 Å². The van der Waals surface area contributed by atoms with Crippen molar-refractivity contribution in [2.24, 2.45) is 0 Å². The summed E-state index contributed by atoms with van der Waals surface area (Å²) in [7, 11) is 1.58. The van der Waals surface area contributed by atoms with Crippen molar-refractivity contribution in [1.82, 2.24) is 4.98 Å². The van der Waals surface area contributed by atoms with E-state index < -0.39 is 0 Å². The van der Waals surface area contributed by atoms with E-state index in [0.29, 0.717) is 5.88 Å². The molecule has 0 aliphatic carbocycles. The third-order valence-electron chi connectivity index (χ3n) is 2.74. The summed E-state index contributed by atoms with van der Waals surface area (Å²) in [5.41, 5.74) is 1.85. The monoisotopic (exact) mass is 322 g/mol. The van der Waals surface area contributed by atoms with Gasteiger partial charge in [-0.15, -0.1) is 0 Å². The Kier molecular flexibility index (Phi) is 4.76. The molecule has 5 heteroatoms. The molecule has 1 atom stereocenters. The molecule has 2 rings (SSSR count). The van der Waals surface area contributed by atoms with E-state index in [1.165, 1.54) is 0 Å². The van der Waals surface area contributed by atoms with Crippen LogP contribution in [0.2, 0.25) is 0 Å². The highest BCUT2D eigenvalue weighted by molar-refractivity contribution is 9.10. The summed E-state index contributed by atoms with van der Waals surface area (Å²) in [4.78, 5) is 4.14. The zero-order valence-corrected chi connectivity index (χ0v) is 12.1. The van der Waals surface area contributed by atoms with Crippen molar-refractivity contribution in [2.45, 2.75) is 6.04 Å². The lowest BCUT2D eigenvalue weighted by atomic mass is 10.1. The Bertz CT molecular complexity index is 514. The fourth-order valence-corrected chi connectivity index (χ4v) is 1.96. The standard InChI is InChI=1S/C14H15BrN2O2/c1-19-14-7-2-10(8-16-14)13(9-18)17-12-5-3-11(15)4-6-12/h2-8,13,17-18H,9H2,1H3. The number of aromatic nitrogens is 1. The van der Waals surface area contributed by atoms with Crippen molar-refractivity contribution in [3.8, 4) is 5.88 Å². The molecule has 0 amide bonds. The molecule has 0 aliphatic rings. The van der Waals surface area contributed by atoms with Crippen LogP contribution in [0.15, 0.2) is 47.1 Å². The fourth-order valence-electron chi connectivity index (χ4n) is 1.70. The number of aliphatic hydroxyl groups excluding tert-OH is 1. The third kappa shape index (κ3) is 3.68. The first-order chi connectivity index (χ1) is 9.22. The largest absolute Gasteiger partial charge is 0.481 e. The molecule has 4 nitrogen and oxygen atoms in total. The van der Waals surface area contributed by atoms with E-state index in [9.17, 15) is 5.11 Å². The number of hydrogen-bond acceptors (Lipinski definition) is 4. The summed E-state index contributed by atoms with van der Waals surface area (Å²) in [6, 6.07) is 11.3. The summed E-state index contributed by atoms with van der Waals surface area (Å²) in [6.45, 7) is -0.00985. The van der Waals surface area contributed by atoms with Gasteiger partial charge in [0.15, 0.2) is 0 Å². The Morgan fingerprint density at radius 3 is 2.53 bits per heavy atom. The van der Waals surface area contributed by atoms with Crippen LogP contribution in [0.4, 0.5) is 5.69 Å². The predicted octanol–water partition coefficient (Wildman–Crippen LogP) is 3.00. The molecular formula is C14H15BrN2O2. The maximum Gasteiger partial charge on any atom is 0.212 e. The van der Waals surface area contributed by atoms with Crippen LogP contribution in [-0.2, 0) is 0 Å². The van der Waals surface area contributed by atoms with Crippen LogP contribution >= 0.6 is 15.9 Å². The minimum atomic E-state index is -0.195. The van der Waals surface area contributed by atoms with Gasteiger partial charge in [-0.2, -0.15) is 0 Å². The summed E-state index contributed by atoms with van der Waals surface area (Å²) in [5, 5.41) is 12.7. The van der Waals surface area contributed by atoms with Gasteiger partial charge in [0.1, 0.15) is 0 Å². The SMILES string of the molecule is COc1ccc(C(CO)Nc2ccc(Br)cc2)cn1. The van der Waals surface area contributed by atoms with E-state index in [1.54, 1.807) is 19.4 Å². The second kappa shape index (κ2) is 6.54. The van der Waals surface area contributed by atoms with Crippen LogP contribution in [0.25, 0.3) is 0 Å². The third-order valence-corrected chi connectivity index (χ3v) is 3.27. The molecule has 100 valence electrons. The van der Waals surface area contributed by atoms with E-state index in [2.05, 4.69) is 26.2 Å². The number of anilines is 1. The normalized spacial score (nSPS) is 11.9. The molecule has 1 aromatic heterocycles. The van der Waals surface area contributed by atoms with Gasteiger partial charge in [0.05, 0.1) is 19.8 Å². The molecule has 0 saturated heterocycles. The fraction of sp³-hybridized carbons (Fsp3) is 0.214. The van der Waals surface area contributed by atoms with Crippen LogP contribution < -0.4 is 10.1 Å². The van der Waals surface area contributed by atoms with Crippen molar-refractivity contribution in [3.63, 3.8) is 0 Å². The lowest BCUT2D eigenvalue weighted by Crippen LogP contribution is -2.15. The lowest BCUT2D eigenvalue weighted by molar-refractivity contribution is 0.276. The number of pyridine rings is 1. The van der Waals surface area contributed by atoms with Crippen LogP contribution in [0.1, 0.15) is 11.6 Å². The predicted molar refractivity (Wildman–Crippen MR) is 78.4 cm³/mol. The van der Waals surface area contributed by atoms with E-state index in [-0.39, 0.29) is 12.6 Å². The molecule has 0 fully saturated rings. The van der Waals surface area contributed by atoms with Gasteiger partial charge in [-0.25, -0.2) is 4.98 Å². The summed E-state index contributed by atoms with van der Waals surface area (Å²) in [6.07, 6.45) is 1.70. The van der Waals surface area contributed by atoms with Crippen LogP contribution in [-0.4, -0.2) is 23.8 Å². The highest BCUT2D eigenvalue weighted by atomic mass is 79.9. The molecule has 1 aromatic carbocycles. The van der Waals surface area contributed by atoms with Gasteiger partial charge in [-0.1, -0.05) is 15.9 Å². The first-order valence-corrected chi connectivity index (χ1v) is 6.65. The van der Waals surface area contributed by atoms with Gasteiger partial charge in [0.2, 0.25) is 5.88 Å². The molecule has 19 heavy (non-hydrogen) atoms. The number of nitrogens with zero attached hydrogens (tertiary/aromatic N) is 1. The average Bonchev–Trinajstić information content (AvgIpc) is 2.47. The second-order valence-corrected chi connectivity index (χ2v) is 4.94. The van der Waals surface area contributed by atoms with Gasteiger partial charge in [-0.05, 0) is 35.9 Å². The summed E-state index contributed by atoms with van der Waals surface area (Å²) >= 11 is 3.39. The Hall–Kier alpha value is -1.59. The quantitative estimate of drug-likeness (QED) is 0.888. The Morgan fingerprint density at radius 2 is 2.00 bits per heavy atom. The summed E-state index contributed by atoms with van der Waals surface area (Å²) < 4.78 is 6.03. The van der Waals surface area contributed by atoms with Crippen molar-refractivity contribution in [1.29, 1.82) is 0 Å². The number of methoxy groups -OCH3 is 1. The van der Waals surface area contributed by atoms with E-state index in [1.807, 2.05) is 30.3 Å². The first kappa shape index (κ1) is 13.8. The number of aliphatic hydroxyl groups is 1. The zero-order valence-electron chi connectivity index (χ0n) is 10.5. The van der Waals surface area contributed by atoms with Gasteiger partial charge < -0.3 is 15.2 Å². The van der Waals surface area contributed by atoms with Gasteiger partial charge in [0.25, 0.3) is 0 Å². The first-order valence-electron chi connectivity index (χ1n) is 5.86. The maximum atomic E-state index is 9.49. The molecule has 0 saturated carbocycles. The molecule has 2 N–H and O–H groups in total. The lowest BCUT2D eigenvalue weighted by Gasteiger charge is -2.18. The highest BCUT2D eigenvalue weighted by Gasteiger charge is 2.10. The van der Waals surface area contributed by atoms with E-state index in [4.69, 9.17) is 4.74 Å². The minimum absolute atomic E-state index is 0.00985. The Labute approximate surface area is 120 Å². The van der Waals surface area contributed by atoms with Crippen molar-refractivity contribution >= 4 is 21.6 Å². The number of halogens is 1.